The summed E-state index contributed by atoms with van der Waals surface area (Å²) in [6.07, 6.45) is 8.52. The molecule has 0 aromatic heterocycles. The molecule has 1 unspecified atom stereocenters. The summed E-state index contributed by atoms with van der Waals surface area (Å²) < 4.78 is 5.52. The SMILES string of the molecule is C#CCOc1ccccc1CNC(C)CCSC. The number of nitrogens with one attached hydrogen (secondary N) is 1. The first-order chi connectivity index (χ1) is 8.77. The van der Waals surface area contributed by atoms with Gasteiger partial charge in [-0.25, -0.2) is 0 Å². The number of para-hydroxylation sites is 1. The van der Waals surface area contributed by atoms with Crippen LogP contribution in [0.3, 0.4) is 0 Å². The molecule has 1 rings (SSSR count). The molecule has 0 aliphatic carbocycles. The highest BCUT2D eigenvalue weighted by Crippen LogP contribution is 2.17. The number of rotatable bonds is 8. The van der Waals surface area contributed by atoms with E-state index in [0.29, 0.717) is 12.6 Å². The summed E-state index contributed by atoms with van der Waals surface area (Å²) >= 11 is 1.88. The molecule has 18 heavy (non-hydrogen) atoms. The van der Waals surface area contributed by atoms with Crippen molar-refractivity contribution in [2.75, 3.05) is 18.6 Å². The Morgan fingerprint density at radius 1 is 1.44 bits per heavy atom. The minimum absolute atomic E-state index is 0.318. The van der Waals surface area contributed by atoms with Gasteiger partial charge < -0.3 is 10.1 Å². The number of hydrogen-bond acceptors (Lipinski definition) is 3. The van der Waals surface area contributed by atoms with Gasteiger partial charge in [-0.2, -0.15) is 11.8 Å². The number of ether oxygens (including phenoxy) is 1. The van der Waals surface area contributed by atoms with Gasteiger partial charge in [-0.3, -0.25) is 0 Å². The molecule has 1 aromatic rings. The number of terminal acetylenes is 1. The summed E-state index contributed by atoms with van der Waals surface area (Å²) in [5, 5.41) is 3.51. The molecule has 0 saturated heterocycles. The van der Waals surface area contributed by atoms with E-state index in [1.54, 1.807) is 0 Å². The zero-order valence-electron chi connectivity index (χ0n) is 11.1. The number of thioether (sulfide) groups is 1. The minimum atomic E-state index is 0.318. The van der Waals surface area contributed by atoms with Crippen LogP contribution in [0, 0.1) is 12.3 Å². The monoisotopic (exact) mass is 263 g/mol. The highest BCUT2D eigenvalue weighted by atomic mass is 32.2. The predicted octanol–water partition coefficient (Wildman–Crippen LogP) is 2.93. The van der Waals surface area contributed by atoms with E-state index in [1.165, 1.54) is 12.2 Å². The van der Waals surface area contributed by atoms with Gasteiger partial charge in [0.05, 0.1) is 0 Å². The van der Waals surface area contributed by atoms with Crippen LogP contribution in [0.15, 0.2) is 24.3 Å². The lowest BCUT2D eigenvalue weighted by atomic mass is 10.2. The zero-order chi connectivity index (χ0) is 13.2. The van der Waals surface area contributed by atoms with Crippen LogP contribution in [0.4, 0.5) is 0 Å². The summed E-state index contributed by atoms with van der Waals surface area (Å²) in [4.78, 5) is 0. The molecule has 1 atom stereocenters. The molecule has 0 heterocycles. The quantitative estimate of drug-likeness (QED) is 0.729. The topological polar surface area (TPSA) is 21.3 Å². The number of hydrogen-bond donors (Lipinski definition) is 1. The smallest absolute Gasteiger partial charge is 0.148 e. The second kappa shape index (κ2) is 8.91. The molecule has 0 aliphatic heterocycles. The van der Waals surface area contributed by atoms with Crippen molar-refractivity contribution in [3.05, 3.63) is 29.8 Å². The lowest BCUT2D eigenvalue weighted by molar-refractivity contribution is 0.363. The van der Waals surface area contributed by atoms with Crippen LogP contribution in [0.25, 0.3) is 0 Å². The Hall–Kier alpha value is -1.11. The molecular formula is C15H21NOS. The third-order valence-corrected chi connectivity index (χ3v) is 3.32. The molecule has 3 heteroatoms. The molecule has 2 nitrogen and oxygen atoms in total. The predicted molar refractivity (Wildman–Crippen MR) is 80.1 cm³/mol. The van der Waals surface area contributed by atoms with Gasteiger partial charge >= 0.3 is 0 Å². The lowest BCUT2D eigenvalue weighted by Gasteiger charge is -2.15. The van der Waals surface area contributed by atoms with E-state index in [2.05, 4.69) is 30.5 Å². The van der Waals surface area contributed by atoms with E-state index in [9.17, 15) is 0 Å². The molecule has 0 radical (unpaired) electrons. The summed E-state index contributed by atoms with van der Waals surface area (Å²) in [7, 11) is 0. The molecule has 0 aliphatic rings. The third kappa shape index (κ3) is 5.48. The van der Waals surface area contributed by atoms with Crippen molar-refractivity contribution >= 4 is 11.8 Å². The van der Waals surface area contributed by atoms with E-state index >= 15 is 0 Å². The largest absolute Gasteiger partial charge is 0.481 e. The van der Waals surface area contributed by atoms with Crippen molar-refractivity contribution in [1.82, 2.24) is 5.32 Å². The second-order valence-electron chi connectivity index (χ2n) is 4.16. The summed E-state index contributed by atoms with van der Waals surface area (Å²) in [6, 6.07) is 8.53. The van der Waals surface area contributed by atoms with Crippen molar-refractivity contribution in [3.63, 3.8) is 0 Å². The van der Waals surface area contributed by atoms with Gasteiger partial charge in [0.15, 0.2) is 0 Å². The van der Waals surface area contributed by atoms with Gasteiger partial charge in [-0.05, 0) is 31.4 Å². The maximum absolute atomic E-state index is 5.52. The lowest BCUT2D eigenvalue weighted by Crippen LogP contribution is -2.26. The molecule has 0 fully saturated rings. The van der Waals surface area contributed by atoms with Crippen molar-refractivity contribution in [3.8, 4) is 18.1 Å². The standard InChI is InChI=1S/C15H21NOS/c1-4-10-17-15-8-6-5-7-14(15)12-16-13(2)9-11-18-3/h1,5-8,13,16H,9-12H2,2-3H3. The van der Waals surface area contributed by atoms with Crippen LogP contribution in [0.5, 0.6) is 5.75 Å². The first kappa shape index (κ1) is 14.9. The van der Waals surface area contributed by atoms with Gasteiger partial charge in [0.1, 0.15) is 12.4 Å². The molecule has 98 valence electrons. The zero-order valence-corrected chi connectivity index (χ0v) is 11.9. The Morgan fingerprint density at radius 2 is 2.22 bits per heavy atom. The van der Waals surface area contributed by atoms with Crippen molar-refractivity contribution in [1.29, 1.82) is 0 Å². The Balaban J connectivity index is 2.48. The van der Waals surface area contributed by atoms with Gasteiger partial charge in [-0.1, -0.05) is 24.1 Å². The molecule has 1 N–H and O–H groups in total. The fraction of sp³-hybridized carbons (Fsp3) is 0.467. The van der Waals surface area contributed by atoms with E-state index in [-0.39, 0.29) is 0 Å². The molecule has 1 aromatic carbocycles. The first-order valence-electron chi connectivity index (χ1n) is 6.14. The van der Waals surface area contributed by atoms with Gasteiger partial charge in [-0.15, -0.1) is 6.42 Å². The average molecular weight is 263 g/mol. The summed E-state index contributed by atoms with van der Waals surface area (Å²) in [5.41, 5.74) is 1.16. The van der Waals surface area contributed by atoms with Crippen LogP contribution >= 0.6 is 11.8 Å². The maximum Gasteiger partial charge on any atom is 0.148 e. The normalized spacial score (nSPS) is 11.8. The Bertz CT molecular complexity index is 386. The van der Waals surface area contributed by atoms with E-state index in [1.807, 2.05) is 30.0 Å². The summed E-state index contributed by atoms with van der Waals surface area (Å²) in [5.74, 6) is 4.55. The molecular weight excluding hydrogens is 242 g/mol. The molecule has 0 amide bonds. The van der Waals surface area contributed by atoms with Crippen molar-refractivity contribution in [2.45, 2.75) is 25.9 Å². The van der Waals surface area contributed by atoms with Crippen LogP contribution in [-0.2, 0) is 6.54 Å². The van der Waals surface area contributed by atoms with Gasteiger partial charge in [0.25, 0.3) is 0 Å². The molecule has 0 saturated carbocycles. The Morgan fingerprint density at radius 3 is 2.94 bits per heavy atom. The average Bonchev–Trinajstić information content (AvgIpc) is 2.41. The first-order valence-corrected chi connectivity index (χ1v) is 7.53. The van der Waals surface area contributed by atoms with E-state index in [0.717, 1.165) is 17.9 Å². The van der Waals surface area contributed by atoms with Crippen LogP contribution in [0.2, 0.25) is 0 Å². The van der Waals surface area contributed by atoms with Crippen LogP contribution in [-0.4, -0.2) is 24.7 Å². The van der Waals surface area contributed by atoms with Gasteiger partial charge in [0, 0.05) is 18.2 Å². The second-order valence-corrected chi connectivity index (χ2v) is 5.15. The Kier molecular flexibility index (Phi) is 7.40. The van der Waals surface area contributed by atoms with Gasteiger partial charge in [0.2, 0.25) is 0 Å². The maximum atomic E-state index is 5.52. The van der Waals surface area contributed by atoms with E-state index in [4.69, 9.17) is 11.2 Å². The van der Waals surface area contributed by atoms with Crippen LogP contribution in [0.1, 0.15) is 18.9 Å². The minimum Gasteiger partial charge on any atom is -0.481 e. The fourth-order valence-electron chi connectivity index (χ4n) is 1.59. The Labute approximate surface area is 115 Å². The van der Waals surface area contributed by atoms with Crippen LogP contribution < -0.4 is 10.1 Å². The highest BCUT2D eigenvalue weighted by molar-refractivity contribution is 7.98. The third-order valence-electron chi connectivity index (χ3n) is 2.68. The van der Waals surface area contributed by atoms with Crippen molar-refractivity contribution in [2.24, 2.45) is 0 Å². The fourth-order valence-corrected chi connectivity index (χ4v) is 2.18. The molecule has 0 spiro atoms. The van der Waals surface area contributed by atoms with E-state index < -0.39 is 0 Å². The van der Waals surface area contributed by atoms with Crippen molar-refractivity contribution < 1.29 is 4.74 Å². The number of benzene rings is 1. The summed E-state index contributed by atoms with van der Waals surface area (Å²) in [6.45, 7) is 3.34. The molecule has 0 bridgehead atoms. The highest BCUT2D eigenvalue weighted by Gasteiger charge is 2.05.